The van der Waals surface area contributed by atoms with Gasteiger partial charge in [0.2, 0.25) is 11.8 Å². The average molecular weight is 365 g/mol. The van der Waals surface area contributed by atoms with Crippen LogP contribution in [0, 0.1) is 13.8 Å². The molecule has 3 rings (SSSR count). The highest BCUT2D eigenvalue weighted by molar-refractivity contribution is 5.97. The maximum Gasteiger partial charge on any atom is 0.230 e. The van der Waals surface area contributed by atoms with E-state index in [0.717, 1.165) is 28.5 Å². The van der Waals surface area contributed by atoms with E-state index in [-0.39, 0.29) is 18.2 Å². The van der Waals surface area contributed by atoms with Crippen molar-refractivity contribution in [3.63, 3.8) is 0 Å². The number of hydrogen-bond donors (Lipinski definition) is 2. The number of hydrogen-bond acceptors (Lipinski definition) is 4. The van der Waals surface area contributed by atoms with Crippen molar-refractivity contribution in [1.29, 1.82) is 0 Å². The van der Waals surface area contributed by atoms with Crippen LogP contribution in [0.1, 0.15) is 36.2 Å². The molecule has 0 atom stereocenters. The van der Waals surface area contributed by atoms with Crippen LogP contribution >= 0.6 is 0 Å². The fourth-order valence-electron chi connectivity index (χ4n) is 3.20. The molecule has 0 aliphatic rings. The smallest absolute Gasteiger partial charge is 0.230 e. The van der Waals surface area contributed by atoms with Crippen LogP contribution in [0.4, 0.5) is 11.4 Å². The van der Waals surface area contributed by atoms with Gasteiger partial charge in [0.15, 0.2) is 5.58 Å². The van der Waals surface area contributed by atoms with Gasteiger partial charge < -0.3 is 15.2 Å². The first-order valence-electron chi connectivity index (χ1n) is 8.93. The van der Waals surface area contributed by atoms with Crippen molar-refractivity contribution in [2.75, 3.05) is 10.6 Å². The Morgan fingerprint density at radius 3 is 2.59 bits per heavy atom. The number of aryl methyl sites for hydroxylation is 3. The standard InChI is InChI=1S/C21H23N3O3/c1-5-15-6-7-16(22-14(4)25)10-18(15)23-20(26)11-19-17-9-12(2)8-13(3)21(17)27-24-19/h6-10H,5,11H2,1-4H3,(H,22,25)(H,23,26). The van der Waals surface area contributed by atoms with Gasteiger partial charge in [-0.05, 0) is 55.2 Å². The van der Waals surface area contributed by atoms with E-state index in [1.165, 1.54) is 6.92 Å². The van der Waals surface area contributed by atoms with Crippen LogP contribution in [0.25, 0.3) is 11.0 Å². The molecule has 0 aliphatic heterocycles. The Kier molecular flexibility index (Phi) is 5.26. The monoisotopic (exact) mass is 365 g/mol. The number of rotatable bonds is 5. The van der Waals surface area contributed by atoms with Gasteiger partial charge in [0, 0.05) is 23.7 Å². The summed E-state index contributed by atoms with van der Waals surface area (Å²) in [5, 5.41) is 10.6. The molecule has 0 fully saturated rings. The number of nitrogens with one attached hydrogen (secondary N) is 2. The molecule has 0 bridgehead atoms. The lowest BCUT2D eigenvalue weighted by Crippen LogP contribution is -2.16. The van der Waals surface area contributed by atoms with Gasteiger partial charge in [-0.2, -0.15) is 0 Å². The first kappa shape index (κ1) is 18.6. The number of fused-ring (bicyclic) bond motifs is 1. The fraction of sp³-hybridized carbons (Fsp3) is 0.286. The quantitative estimate of drug-likeness (QED) is 0.711. The number of benzene rings is 2. The average Bonchev–Trinajstić information content (AvgIpc) is 2.97. The maximum absolute atomic E-state index is 12.6. The summed E-state index contributed by atoms with van der Waals surface area (Å²) in [4.78, 5) is 23.9. The largest absolute Gasteiger partial charge is 0.356 e. The molecule has 6 heteroatoms. The molecule has 1 aromatic heterocycles. The van der Waals surface area contributed by atoms with Crippen LogP contribution < -0.4 is 10.6 Å². The molecule has 2 N–H and O–H groups in total. The number of carbonyl (C=O) groups is 2. The van der Waals surface area contributed by atoms with Crippen molar-refractivity contribution in [1.82, 2.24) is 5.16 Å². The highest BCUT2D eigenvalue weighted by atomic mass is 16.5. The molecule has 0 spiro atoms. The van der Waals surface area contributed by atoms with Gasteiger partial charge in [0.1, 0.15) is 5.69 Å². The van der Waals surface area contributed by atoms with E-state index in [2.05, 4.69) is 15.8 Å². The summed E-state index contributed by atoms with van der Waals surface area (Å²) in [6.07, 6.45) is 0.880. The summed E-state index contributed by atoms with van der Waals surface area (Å²) < 4.78 is 5.42. The summed E-state index contributed by atoms with van der Waals surface area (Å²) in [5.74, 6) is -0.338. The minimum atomic E-state index is -0.181. The minimum Gasteiger partial charge on any atom is -0.356 e. The van der Waals surface area contributed by atoms with E-state index in [1.807, 2.05) is 45.0 Å². The van der Waals surface area contributed by atoms with E-state index in [0.29, 0.717) is 22.7 Å². The summed E-state index contributed by atoms with van der Waals surface area (Å²) in [6.45, 7) is 7.43. The normalized spacial score (nSPS) is 10.8. The predicted molar refractivity (Wildman–Crippen MR) is 106 cm³/mol. The second kappa shape index (κ2) is 7.61. The first-order chi connectivity index (χ1) is 12.9. The van der Waals surface area contributed by atoms with E-state index in [9.17, 15) is 9.59 Å². The van der Waals surface area contributed by atoms with Crippen LogP contribution in [0.2, 0.25) is 0 Å². The van der Waals surface area contributed by atoms with Crippen LogP contribution in [0.3, 0.4) is 0 Å². The number of carbonyl (C=O) groups excluding carboxylic acids is 2. The molecule has 0 unspecified atom stereocenters. The van der Waals surface area contributed by atoms with Crippen molar-refractivity contribution < 1.29 is 14.1 Å². The summed E-state index contributed by atoms with van der Waals surface area (Å²) in [6, 6.07) is 9.51. The molecule has 1 heterocycles. The van der Waals surface area contributed by atoms with E-state index in [4.69, 9.17) is 4.52 Å². The fourth-order valence-corrected chi connectivity index (χ4v) is 3.20. The zero-order chi connectivity index (χ0) is 19.6. The van der Waals surface area contributed by atoms with Crippen LogP contribution in [-0.4, -0.2) is 17.0 Å². The molecule has 3 aromatic rings. The molecule has 2 amide bonds. The van der Waals surface area contributed by atoms with Gasteiger partial charge in [-0.25, -0.2) is 0 Å². The van der Waals surface area contributed by atoms with Crippen LogP contribution in [0.15, 0.2) is 34.9 Å². The molecular formula is C21H23N3O3. The summed E-state index contributed by atoms with van der Waals surface area (Å²) in [7, 11) is 0. The predicted octanol–water partition coefficient (Wildman–Crippen LogP) is 4.15. The van der Waals surface area contributed by atoms with Crippen molar-refractivity contribution in [3.05, 3.63) is 52.7 Å². The van der Waals surface area contributed by atoms with E-state index >= 15 is 0 Å². The number of amides is 2. The van der Waals surface area contributed by atoms with Crippen LogP contribution in [-0.2, 0) is 22.4 Å². The number of aromatic nitrogens is 1. The minimum absolute atomic E-state index is 0.114. The van der Waals surface area contributed by atoms with Gasteiger partial charge in [-0.3, -0.25) is 9.59 Å². The Hall–Kier alpha value is -3.15. The Labute approximate surface area is 157 Å². The molecule has 140 valence electrons. The van der Waals surface area contributed by atoms with Crippen molar-refractivity contribution in [2.24, 2.45) is 0 Å². The van der Waals surface area contributed by atoms with E-state index < -0.39 is 0 Å². The second-order valence-electron chi connectivity index (χ2n) is 6.72. The van der Waals surface area contributed by atoms with Crippen molar-refractivity contribution >= 4 is 34.2 Å². The summed E-state index contributed by atoms with van der Waals surface area (Å²) >= 11 is 0. The Balaban J connectivity index is 1.83. The van der Waals surface area contributed by atoms with Gasteiger partial charge in [0.05, 0.1) is 6.42 Å². The lowest BCUT2D eigenvalue weighted by molar-refractivity contribution is -0.116. The third-order valence-electron chi connectivity index (χ3n) is 4.39. The molecule has 0 saturated heterocycles. The molecular weight excluding hydrogens is 342 g/mol. The molecule has 27 heavy (non-hydrogen) atoms. The van der Waals surface area contributed by atoms with Gasteiger partial charge in [-0.15, -0.1) is 0 Å². The third-order valence-corrected chi connectivity index (χ3v) is 4.39. The zero-order valence-corrected chi connectivity index (χ0v) is 16.0. The molecule has 0 aliphatic carbocycles. The topological polar surface area (TPSA) is 84.2 Å². The molecule has 6 nitrogen and oxygen atoms in total. The Morgan fingerprint density at radius 2 is 1.89 bits per heavy atom. The lowest BCUT2D eigenvalue weighted by atomic mass is 10.1. The van der Waals surface area contributed by atoms with Gasteiger partial charge in [-0.1, -0.05) is 24.2 Å². The van der Waals surface area contributed by atoms with Crippen molar-refractivity contribution in [3.8, 4) is 0 Å². The van der Waals surface area contributed by atoms with Crippen molar-refractivity contribution in [2.45, 2.75) is 40.5 Å². The highest BCUT2D eigenvalue weighted by Crippen LogP contribution is 2.25. The molecule has 2 aromatic carbocycles. The summed E-state index contributed by atoms with van der Waals surface area (Å²) in [5.41, 5.74) is 5.76. The molecule has 0 saturated carbocycles. The van der Waals surface area contributed by atoms with Crippen LogP contribution in [0.5, 0.6) is 0 Å². The lowest BCUT2D eigenvalue weighted by Gasteiger charge is -2.12. The Bertz CT molecular complexity index is 1020. The SMILES string of the molecule is CCc1ccc(NC(C)=O)cc1NC(=O)Cc1noc2c(C)cc(C)cc12. The van der Waals surface area contributed by atoms with Gasteiger partial charge in [0.25, 0.3) is 0 Å². The second-order valence-corrected chi connectivity index (χ2v) is 6.72. The van der Waals surface area contributed by atoms with E-state index in [1.54, 1.807) is 6.07 Å². The number of anilines is 2. The first-order valence-corrected chi connectivity index (χ1v) is 8.93. The molecule has 0 radical (unpaired) electrons. The highest BCUT2D eigenvalue weighted by Gasteiger charge is 2.15. The Morgan fingerprint density at radius 1 is 1.11 bits per heavy atom. The maximum atomic E-state index is 12.6. The zero-order valence-electron chi connectivity index (χ0n) is 16.0. The number of nitrogens with zero attached hydrogens (tertiary/aromatic N) is 1. The third kappa shape index (κ3) is 4.16. The van der Waals surface area contributed by atoms with Gasteiger partial charge >= 0.3 is 0 Å².